The third kappa shape index (κ3) is 1.40. The molecule has 1 aromatic rings. The Morgan fingerprint density at radius 3 is 3.14 bits per heavy atom. The molecule has 0 bridgehead atoms. The van der Waals surface area contributed by atoms with E-state index in [0.717, 1.165) is 24.8 Å². The third-order valence-electron chi connectivity index (χ3n) is 3.16. The van der Waals surface area contributed by atoms with Crippen LogP contribution in [0.2, 0.25) is 0 Å². The number of hydrogen-bond acceptors (Lipinski definition) is 2. The van der Waals surface area contributed by atoms with Crippen LogP contribution in [0.25, 0.3) is 0 Å². The molecule has 1 unspecified atom stereocenters. The summed E-state index contributed by atoms with van der Waals surface area (Å²) in [7, 11) is 0. The van der Waals surface area contributed by atoms with Crippen molar-refractivity contribution in [1.82, 2.24) is 5.32 Å². The Hall–Kier alpha value is -1.02. The zero-order valence-electron chi connectivity index (χ0n) is 8.25. The van der Waals surface area contributed by atoms with Gasteiger partial charge in [0.1, 0.15) is 5.75 Å². The number of ether oxygens (including phenoxy) is 1. The predicted octanol–water partition coefficient (Wildman–Crippen LogP) is 1.53. The van der Waals surface area contributed by atoms with Crippen LogP contribution in [0.5, 0.6) is 5.75 Å². The van der Waals surface area contributed by atoms with Crippen molar-refractivity contribution in [3.8, 4) is 5.75 Å². The van der Waals surface area contributed by atoms with Gasteiger partial charge < -0.3 is 10.1 Å². The molecule has 0 spiro atoms. The normalized spacial score (nSPS) is 23.9. The highest BCUT2D eigenvalue weighted by Gasteiger charge is 2.18. The first-order valence-electron chi connectivity index (χ1n) is 5.40. The molecular weight excluding hydrogens is 174 g/mol. The lowest BCUT2D eigenvalue weighted by molar-refractivity contribution is 0.356. The van der Waals surface area contributed by atoms with Gasteiger partial charge in [-0.05, 0) is 36.6 Å². The number of hydrogen-bond donors (Lipinski definition) is 1. The maximum Gasteiger partial charge on any atom is 0.122 e. The highest BCUT2D eigenvalue weighted by atomic mass is 16.5. The van der Waals surface area contributed by atoms with E-state index in [2.05, 4.69) is 23.5 Å². The first-order chi connectivity index (χ1) is 6.92. The van der Waals surface area contributed by atoms with Gasteiger partial charge in [0, 0.05) is 12.5 Å². The van der Waals surface area contributed by atoms with Crippen LogP contribution in [-0.4, -0.2) is 19.2 Å². The molecule has 1 saturated heterocycles. The topological polar surface area (TPSA) is 21.3 Å². The number of benzene rings is 1. The summed E-state index contributed by atoms with van der Waals surface area (Å²) in [4.78, 5) is 0. The molecule has 1 atom stereocenters. The van der Waals surface area contributed by atoms with Crippen LogP contribution in [0.4, 0.5) is 0 Å². The van der Waals surface area contributed by atoms with Crippen LogP contribution in [0, 0.1) is 0 Å². The van der Waals surface area contributed by atoms with E-state index in [4.69, 9.17) is 4.74 Å². The first-order valence-corrected chi connectivity index (χ1v) is 5.40. The maximum atomic E-state index is 5.48. The highest BCUT2D eigenvalue weighted by Crippen LogP contribution is 2.26. The molecule has 0 aliphatic carbocycles. The van der Waals surface area contributed by atoms with E-state index < -0.39 is 0 Å². The van der Waals surface area contributed by atoms with Crippen molar-refractivity contribution < 1.29 is 4.74 Å². The quantitative estimate of drug-likeness (QED) is 0.761. The molecule has 0 saturated carbocycles. The van der Waals surface area contributed by atoms with E-state index in [-0.39, 0.29) is 0 Å². The van der Waals surface area contributed by atoms with Gasteiger partial charge in [-0.3, -0.25) is 0 Å². The van der Waals surface area contributed by atoms with Crippen LogP contribution in [0.15, 0.2) is 18.2 Å². The number of nitrogens with one attached hydrogen (secondary N) is 1. The van der Waals surface area contributed by atoms with Crippen molar-refractivity contribution in [3.05, 3.63) is 29.3 Å². The van der Waals surface area contributed by atoms with Gasteiger partial charge in [0.05, 0.1) is 6.61 Å². The second-order valence-electron chi connectivity index (χ2n) is 4.18. The molecule has 74 valence electrons. The van der Waals surface area contributed by atoms with Crippen molar-refractivity contribution in [1.29, 1.82) is 0 Å². The van der Waals surface area contributed by atoms with Gasteiger partial charge in [-0.1, -0.05) is 12.1 Å². The summed E-state index contributed by atoms with van der Waals surface area (Å²) in [6, 6.07) is 7.35. The van der Waals surface area contributed by atoms with Gasteiger partial charge in [-0.25, -0.2) is 0 Å². The lowest BCUT2D eigenvalue weighted by Gasteiger charge is -2.27. The molecule has 1 aromatic carbocycles. The predicted molar refractivity (Wildman–Crippen MR) is 55.8 cm³/mol. The molecule has 1 fully saturated rings. The number of rotatable bonds is 2. The molecular formula is C12H15NO. The Kier molecular flexibility index (Phi) is 1.95. The Morgan fingerprint density at radius 2 is 2.36 bits per heavy atom. The summed E-state index contributed by atoms with van der Waals surface area (Å²) in [5.74, 6) is 1.09. The van der Waals surface area contributed by atoms with E-state index in [0.29, 0.717) is 0 Å². The second-order valence-corrected chi connectivity index (χ2v) is 4.18. The van der Waals surface area contributed by atoms with E-state index in [1.54, 1.807) is 0 Å². The summed E-state index contributed by atoms with van der Waals surface area (Å²) in [5.41, 5.74) is 2.84. The van der Waals surface area contributed by atoms with Gasteiger partial charge >= 0.3 is 0 Å². The van der Waals surface area contributed by atoms with Crippen LogP contribution >= 0.6 is 0 Å². The fourth-order valence-electron chi connectivity index (χ4n) is 2.17. The minimum absolute atomic E-state index is 0.718. The lowest BCUT2D eigenvalue weighted by atomic mass is 9.97. The number of fused-ring (bicyclic) bond motifs is 1. The van der Waals surface area contributed by atoms with E-state index in [1.807, 2.05) is 0 Å². The van der Waals surface area contributed by atoms with E-state index in [1.165, 1.54) is 30.5 Å². The fourth-order valence-corrected chi connectivity index (χ4v) is 2.17. The molecule has 0 aromatic heterocycles. The van der Waals surface area contributed by atoms with Crippen LogP contribution in [0.1, 0.15) is 17.5 Å². The average Bonchev–Trinajstić information content (AvgIpc) is 2.58. The average molecular weight is 189 g/mol. The van der Waals surface area contributed by atoms with Crippen LogP contribution in [0.3, 0.4) is 0 Å². The molecule has 0 radical (unpaired) electrons. The third-order valence-corrected chi connectivity index (χ3v) is 3.16. The Bertz CT molecular complexity index is 344. The summed E-state index contributed by atoms with van der Waals surface area (Å²) in [5, 5.41) is 3.43. The molecule has 2 aliphatic rings. The van der Waals surface area contributed by atoms with Gasteiger partial charge in [0.15, 0.2) is 0 Å². The monoisotopic (exact) mass is 189 g/mol. The zero-order valence-corrected chi connectivity index (χ0v) is 8.25. The highest BCUT2D eigenvalue weighted by molar-refractivity contribution is 5.40. The first kappa shape index (κ1) is 8.30. The summed E-state index contributed by atoms with van der Waals surface area (Å²) >= 11 is 0. The molecule has 1 N–H and O–H groups in total. The summed E-state index contributed by atoms with van der Waals surface area (Å²) in [6.07, 6.45) is 3.59. The smallest absolute Gasteiger partial charge is 0.122 e. The van der Waals surface area contributed by atoms with Crippen molar-refractivity contribution in [2.45, 2.75) is 25.3 Å². The lowest BCUT2D eigenvalue weighted by Crippen LogP contribution is -2.44. The van der Waals surface area contributed by atoms with Crippen LogP contribution < -0.4 is 10.1 Å². The van der Waals surface area contributed by atoms with Crippen LogP contribution in [-0.2, 0) is 12.8 Å². The van der Waals surface area contributed by atoms with E-state index in [9.17, 15) is 0 Å². The Balaban J connectivity index is 1.78. The molecule has 2 aliphatic heterocycles. The Labute approximate surface area is 84.3 Å². The van der Waals surface area contributed by atoms with Gasteiger partial charge in [0.25, 0.3) is 0 Å². The molecule has 3 rings (SSSR count). The maximum absolute atomic E-state index is 5.48. The zero-order chi connectivity index (χ0) is 9.38. The van der Waals surface area contributed by atoms with Crippen molar-refractivity contribution in [2.75, 3.05) is 13.2 Å². The summed E-state index contributed by atoms with van der Waals surface area (Å²) < 4.78 is 5.48. The fraction of sp³-hybridized carbons (Fsp3) is 0.500. The summed E-state index contributed by atoms with van der Waals surface area (Å²) in [6.45, 7) is 2.05. The van der Waals surface area contributed by atoms with E-state index >= 15 is 0 Å². The largest absolute Gasteiger partial charge is 0.493 e. The van der Waals surface area contributed by atoms with Crippen molar-refractivity contribution in [2.24, 2.45) is 0 Å². The molecule has 14 heavy (non-hydrogen) atoms. The minimum atomic E-state index is 0.718. The molecule has 2 nitrogen and oxygen atoms in total. The van der Waals surface area contributed by atoms with Gasteiger partial charge in [0.2, 0.25) is 0 Å². The SMILES string of the molecule is c1cc2c(cc1CC1CCN1)CCO2. The molecule has 0 amide bonds. The Morgan fingerprint density at radius 1 is 1.43 bits per heavy atom. The molecule has 2 heteroatoms. The standard InChI is InChI=1S/C12H15NO/c1-2-12-10(4-6-14-12)7-9(1)8-11-3-5-13-11/h1-2,7,11,13H,3-6,8H2. The molecule has 2 heterocycles. The second kappa shape index (κ2) is 3.28. The van der Waals surface area contributed by atoms with Gasteiger partial charge in [-0.2, -0.15) is 0 Å². The minimum Gasteiger partial charge on any atom is -0.493 e. The van der Waals surface area contributed by atoms with Crippen molar-refractivity contribution in [3.63, 3.8) is 0 Å². The van der Waals surface area contributed by atoms with Gasteiger partial charge in [-0.15, -0.1) is 0 Å². The van der Waals surface area contributed by atoms with Crippen molar-refractivity contribution >= 4 is 0 Å².